The van der Waals surface area contributed by atoms with Crippen molar-refractivity contribution >= 4 is 17.2 Å². The summed E-state index contributed by atoms with van der Waals surface area (Å²) >= 11 is 0. The van der Waals surface area contributed by atoms with E-state index in [9.17, 15) is 9.18 Å². The number of ketones is 1. The molecule has 110 valence electrons. The van der Waals surface area contributed by atoms with E-state index in [4.69, 9.17) is 10.00 Å². The summed E-state index contributed by atoms with van der Waals surface area (Å²) in [4.78, 5) is 12.2. The molecule has 0 saturated heterocycles. The van der Waals surface area contributed by atoms with Gasteiger partial charge in [-0.1, -0.05) is 0 Å². The van der Waals surface area contributed by atoms with Gasteiger partial charge >= 0.3 is 0 Å². The third-order valence-electron chi connectivity index (χ3n) is 2.81. The molecule has 6 heteroatoms. The summed E-state index contributed by atoms with van der Waals surface area (Å²) in [5.41, 5.74) is 3.04. The highest BCUT2D eigenvalue weighted by atomic mass is 19.1. The van der Waals surface area contributed by atoms with Gasteiger partial charge in [-0.05, 0) is 48.5 Å². The molecule has 1 N–H and O–H groups in total. The second-order valence-corrected chi connectivity index (χ2v) is 4.25. The third kappa shape index (κ3) is 3.67. The molecule has 0 fully saturated rings. The van der Waals surface area contributed by atoms with Gasteiger partial charge in [0.15, 0.2) is 0 Å². The van der Waals surface area contributed by atoms with E-state index in [-0.39, 0.29) is 11.5 Å². The van der Waals surface area contributed by atoms with Gasteiger partial charge < -0.3 is 4.74 Å². The third-order valence-corrected chi connectivity index (χ3v) is 2.81. The summed E-state index contributed by atoms with van der Waals surface area (Å²) < 4.78 is 17.8. The van der Waals surface area contributed by atoms with Gasteiger partial charge in [-0.25, -0.2) is 4.39 Å². The monoisotopic (exact) mass is 297 g/mol. The van der Waals surface area contributed by atoms with E-state index in [2.05, 4.69) is 10.5 Å². The normalized spacial score (nSPS) is 10.7. The van der Waals surface area contributed by atoms with E-state index in [1.807, 2.05) is 0 Å². The maximum Gasteiger partial charge on any atom is 0.223 e. The molecule has 5 nitrogen and oxygen atoms in total. The highest BCUT2D eigenvalue weighted by molar-refractivity contribution is 6.51. The summed E-state index contributed by atoms with van der Waals surface area (Å²) in [6.45, 7) is 0. The lowest BCUT2D eigenvalue weighted by Crippen LogP contribution is -2.14. The van der Waals surface area contributed by atoms with E-state index in [0.29, 0.717) is 17.0 Å². The van der Waals surface area contributed by atoms with Crippen LogP contribution in [0.2, 0.25) is 0 Å². The van der Waals surface area contributed by atoms with Crippen molar-refractivity contribution in [2.45, 2.75) is 0 Å². The molecular formula is C16H12FN3O2. The Morgan fingerprint density at radius 2 is 1.82 bits per heavy atom. The maximum absolute atomic E-state index is 12.8. The molecule has 0 spiro atoms. The lowest BCUT2D eigenvalue weighted by Gasteiger charge is -2.03. The quantitative estimate of drug-likeness (QED) is 0.523. The Hall–Kier alpha value is -3.20. The van der Waals surface area contributed by atoms with Gasteiger partial charge in [-0.15, -0.1) is 0 Å². The number of halogens is 1. The van der Waals surface area contributed by atoms with Crippen molar-refractivity contribution in [2.75, 3.05) is 12.5 Å². The van der Waals surface area contributed by atoms with Crippen molar-refractivity contribution in [1.29, 1.82) is 5.26 Å². The molecule has 0 saturated carbocycles. The lowest BCUT2D eigenvalue weighted by atomic mass is 10.1. The van der Waals surface area contributed by atoms with Crippen molar-refractivity contribution in [3.63, 3.8) is 0 Å². The fourth-order valence-electron chi connectivity index (χ4n) is 1.65. The van der Waals surface area contributed by atoms with E-state index in [0.717, 1.165) is 0 Å². The van der Waals surface area contributed by atoms with Crippen molar-refractivity contribution in [3.8, 4) is 11.8 Å². The molecule has 0 atom stereocenters. The van der Waals surface area contributed by atoms with Crippen LogP contribution in [0.1, 0.15) is 10.4 Å². The number of carbonyl (C=O) groups is 1. The van der Waals surface area contributed by atoms with E-state index < -0.39 is 5.78 Å². The fourth-order valence-corrected chi connectivity index (χ4v) is 1.65. The highest BCUT2D eigenvalue weighted by Gasteiger charge is 2.14. The molecule has 0 radical (unpaired) electrons. The Kier molecular flexibility index (Phi) is 4.83. The number of rotatable bonds is 5. The number of hydrazone groups is 1. The second-order valence-electron chi connectivity index (χ2n) is 4.25. The van der Waals surface area contributed by atoms with Crippen LogP contribution in [0.25, 0.3) is 0 Å². The second kappa shape index (κ2) is 6.99. The van der Waals surface area contributed by atoms with Gasteiger partial charge in [0.2, 0.25) is 11.5 Å². The number of nitriles is 1. The molecule has 0 aliphatic carbocycles. The van der Waals surface area contributed by atoms with Gasteiger partial charge in [0.05, 0.1) is 12.8 Å². The first-order valence-electron chi connectivity index (χ1n) is 6.32. The number of ether oxygens (including phenoxy) is 1. The van der Waals surface area contributed by atoms with Gasteiger partial charge in [-0.3, -0.25) is 10.2 Å². The Morgan fingerprint density at radius 1 is 1.18 bits per heavy atom. The number of methoxy groups -OCH3 is 1. The van der Waals surface area contributed by atoms with Crippen molar-refractivity contribution in [2.24, 2.45) is 5.10 Å². The summed E-state index contributed by atoms with van der Waals surface area (Å²) in [5, 5.41) is 12.8. The predicted molar refractivity (Wildman–Crippen MR) is 80.4 cm³/mol. The zero-order valence-electron chi connectivity index (χ0n) is 11.7. The Bertz CT molecular complexity index is 731. The number of anilines is 1. The van der Waals surface area contributed by atoms with Crippen LogP contribution in [-0.4, -0.2) is 18.6 Å². The molecule has 0 aliphatic heterocycles. The van der Waals surface area contributed by atoms with Crippen LogP contribution in [0.4, 0.5) is 10.1 Å². The molecule has 0 unspecified atom stereocenters. The Morgan fingerprint density at radius 3 is 2.36 bits per heavy atom. The molecule has 0 bridgehead atoms. The minimum atomic E-state index is -0.514. The number of nitrogens with one attached hydrogen (secondary N) is 1. The molecule has 2 aromatic carbocycles. The first-order chi connectivity index (χ1) is 10.6. The van der Waals surface area contributed by atoms with E-state index >= 15 is 0 Å². The van der Waals surface area contributed by atoms with Crippen LogP contribution in [0.5, 0.6) is 5.75 Å². The lowest BCUT2D eigenvalue weighted by molar-refractivity contribution is 0.106. The summed E-state index contributed by atoms with van der Waals surface area (Å²) in [6.07, 6.45) is 0. The van der Waals surface area contributed by atoms with Crippen molar-refractivity contribution in [1.82, 2.24) is 0 Å². The smallest absolute Gasteiger partial charge is 0.223 e. The van der Waals surface area contributed by atoms with Gasteiger partial charge in [0, 0.05) is 5.56 Å². The molecule has 22 heavy (non-hydrogen) atoms. The van der Waals surface area contributed by atoms with Gasteiger partial charge in [0.1, 0.15) is 17.6 Å². The predicted octanol–water partition coefficient (Wildman–Crippen LogP) is 3.01. The summed E-state index contributed by atoms with van der Waals surface area (Å²) in [6, 6.07) is 13.5. The first kappa shape index (κ1) is 15.2. The SMILES string of the molecule is COc1ccc(C(=O)/C(C#N)=N/Nc2ccc(F)cc2)cc1. The first-order valence-corrected chi connectivity index (χ1v) is 6.32. The molecular weight excluding hydrogens is 285 g/mol. The van der Waals surface area contributed by atoms with Crippen LogP contribution in [0, 0.1) is 17.1 Å². The largest absolute Gasteiger partial charge is 0.497 e. The fraction of sp³-hybridized carbons (Fsp3) is 0.0625. The molecule has 0 amide bonds. The average Bonchev–Trinajstić information content (AvgIpc) is 2.57. The van der Waals surface area contributed by atoms with Crippen LogP contribution < -0.4 is 10.2 Å². The van der Waals surface area contributed by atoms with E-state index in [1.54, 1.807) is 30.3 Å². The number of carbonyl (C=O) groups excluding carboxylic acids is 1. The van der Waals surface area contributed by atoms with Crippen LogP contribution in [0.15, 0.2) is 53.6 Å². The highest BCUT2D eigenvalue weighted by Crippen LogP contribution is 2.13. The number of nitrogens with zero attached hydrogens (tertiary/aromatic N) is 2. The van der Waals surface area contributed by atoms with Crippen LogP contribution in [-0.2, 0) is 0 Å². The summed E-state index contributed by atoms with van der Waals surface area (Å²) in [7, 11) is 1.52. The minimum Gasteiger partial charge on any atom is -0.497 e. The Labute approximate surface area is 126 Å². The number of hydrogen-bond acceptors (Lipinski definition) is 5. The van der Waals surface area contributed by atoms with Crippen molar-refractivity contribution < 1.29 is 13.9 Å². The minimum absolute atomic E-state index is 0.297. The molecule has 0 heterocycles. The number of hydrogen-bond donors (Lipinski definition) is 1. The number of benzene rings is 2. The Balaban J connectivity index is 2.15. The molecule has 0 aliphatic rings. The molecule has 2 aromatic rings. The summed E-state index contributed by atoms with van der Waals surface area (Å²) in [5.74, 6) is -0.291. The molecule has 0 aromatic heterocycles. The van der Waals surface area contributed by atoms with Gasteiger partial charge in [-0.2, -0.15) is 10.4 Å². The molecule has 2 rings (SSSR count). The zero-order chi connectivity index (χ0) is 15.9. The van der Waals surface area contributed by atoms with Crippen LogP contribution in [0.3, 0.4) is 0 Å². The van der Waals surface area contributed by atoms with Crippen LogP contribution >= 0.6 is 0 Å². The topological polar surface area (TPSA) is 74.5 Å². The number of Topliss-reactive ketones (excluding diaryl/α,β-unsaturated/α-hetero) is 1. The van der Waals surface area contributed by atoms with Gasteiger partial charge in [0.25, 0.3) is 0 Å². The van der Waals surface area contributed by atoms with E-state index in [1.165, 1.54) is 31.4 Å². The zero-order valence-corrected chi connectivity index (χ0v) is 11.7. The average molecular weight is 297 g/mol. The van der Waals surface area contributed by atoms with Crippen molar-refractivity contribution in [3.05, 3.63) is 59.9 Å². The maximum atomic E-state index is 12.8. The standard InChI is InChI=1S/C16H12FN3O2/c1-22-14-8-2-11(3-9-14)16(21)15(10-18)20-19-13-6-4-12(17)5-7-13/h2-9,19H,1H3/b20-15+.